The molecule has 1 aromatic carbocycles. The van der Waals surface area contributed by atoms with Crippen molar-refractivity contribution in [1.82, 2.24) is 0 Å². The van der Waals surface area contributed by atoms with Crippen LogP contribution in [0.2, 0.25) is 0 Å². The number of hydrogen-bond donors (Lipinski definition) is 1. The van der Waals surface area contributed by atoms with E-state index in [2.05, 4.69) is 34.7 Å². The number of benzene rings is 1. The summed E-state index contributed by atoms with van der Waals surface area (Å²) < 4.78 is 1.19. The summed E-state index contributed by atoms with van der Waals surface area (Å²) in [5, 5.41) is 0. The number of fused-ring (bicyclic) bond motifs is 1. The molecule has 0 amide bonds. The number of anilines is 1. The van der Waals surface area contributed by atoms with Crippen LogP contribution in [0.4, 0.5) is 5.69 Å². The molecule has 1 nitrogen and oxygen atoms in total. The minimum atomic E-state index is 0.930. The standard InChI is InChI=1S/C8H8IN/c9-7-3-5-1-2-6(5)4-8(7)10/h3-4H,1-2,10H2. The van der Waals surface area contributed by atoms with Crippen LogP contribution in [0.5, 0.6) is 0 Å². The zero-order valence-corrected chi connectivity index (χ0v) is 7.68. The van der Waals surface area contributed by atoms with Crippen LogP contribution in [-0.2, 0) is 12.8 Å². The molecule has 52 valence electrons. The van der Waals surface area contributed by atoms with Gasteiger partial charge < -0.3 is 5.73 Å². The molecule has 0 unspecified atom stereocenters. The molecule has 0 fully saturated rings. The molecule has 2 N–H and O–H groups in total. The van der Waals surface area contributed by atoms with E-state index >= 15 is 0 Å². The summed E-state index contributed by atoms with van der Waals surface area (Å²) in [6.07, 6.45) is 2.46. The molecule has 0 saturated carbocycles. The van der Waals surface area contributed by atoms with Crippen molar-refractivity contribution in [2.45, 2.75) is 12.8 Å². The van der Waals surface area contributed by atoms with E-state index in [0.29, 0.717) is 0 Å². The molecule has 1 aliphatic rings. The first-order valence-corrected chi connectivity index (χ1v) is 4.42. The third-order valence-electron chi connectivity index (χ3n) is 1.98. The fourth-order valence-corrected chi connectivity index (χ4v) is 1.77. The molecule has 2 rings (SSSR count). The Labute approximate surface area is 73.8 Å². The number of nitrogens with two attached hydrogens (primary N) is 1. The Hall–Kier alpha value is -0.250. The first kappa shape index (κ1) is 6.46. The Balaban J connectivity index is 2.60. The lowest BCUT2D eigenvalue weighted by Crippen LogP contribution is -2.09. The van der Waals surface area contributed by atoms with Gasteiger partial charge in [-0.05, 0) is 58.7 Å². The Bertz CT molecular complexity index is 241. The first-order valence-electron chi connectivity index (χ1n) is 3.34. The third kappa shape index (κ3) is 0.820. The van der Waals surface area contributed by atoms with Crippen LogP contribution in [0.3, 0.4) is 0 Å². The average Bonchev–Trinajstić information content (AvgIpc) is 1.89. The van der Waals surface area contributed by atoms with Gasteiger partial charge in [-0.15, -0.1) is 0 Å². The van der Waals surface area contributed by atoms with E-state index in [-0.39, 0.29) is 0 Å². The van der Waals surface area contributed by atoms with Gasteiger partial charge in [0.1, 0.15) is 0 Å². The van der Waals surface area contributed by atoms with Gasteiger partial charge in [0.2, 0.25) is 0 Å². The molecule has 1 aliphatic carbocycles. The molecule has 0 aromatic heterocycles. The van der Waals surface area contributed by atoms with Crippen molar-refractivity contribution in [3.8, 4) is 0 Å². The summed E-state index contributed by atoms with van der Waals surface area (Å²) >= 11 is 2.28. The van der Waals surface area contributed by atoms with Gasteiger partial charge in [-0.3, -0.25) is 0 Å². The predicted molar refractivity (Wildman–Crippen MR) is 51.0 cm³/mol. The summed E-state index contributed by atoms with van der Waals surface area (Å²) in [7, 11) is 0. The van der Waals surface area contributed by atoms with Crippen molar-refractivity contribution in [3.05, 3.63) is 26.8 Å². The fraction of sp³-hybridized carbons (Fsp3) is 0.250. The van der Waals surface area contributed by atoms with Gasteiger partial charge in [-0.25, -0.2) is 0 Å². The number of nitrogen functional groups attached to an aromatic ring is 1. The summed E-state index contributed by atoms with van der Waals surface area (Å²) in [5.74, 6) is 0. The Morgan fingerprint density at radius 1 is 1.20 bits per heavy atom. The van der Waals surface area contributed by atoms with Gasteiger partial charge in [0.05, 0.1) is 0 Å². The lowest BCUT2D eigenvalue weighted by molar-refractivity contribution is 0.839. The van der Waals surface area contributed by atoms with Crippen molar-refractivity contribution >= 4 is 28.3 Å². The highest BCUT2D eigenvalue weighted by Crippen LogP contribution is 2.28. The molecule has 1 aromatic rings. The second-order valence-corrected chi connectivity index (χ2v) is 3.80. The van der Waals surface area contributed by atoms with Crippen molar-refractivity contribution in [3.63, 3.8) is 0 Å². The van der Waals surface area contributed by atoms with E-state index in [1.54, 1.807) is 0 Å². The van der Waals surface area contributed by atoms with Gasteiger partial charge in [0, 0.05) is 9.26 Å². The lowest BCUT2D eigenvalue weighted by Gasteiger charge is -2.19. The topological polar surface area (TPSA) is 26.0 Å². The molecular weight excluding hydrogens is 237 g/mol. The number of rotatable bonds is 0. The summed E-state index contributed by atoms with van der Waals surface area (Å²) in [6.45, 7) is 0. The van der Waals surface area contributed by atoms with Crippen LogP contribution in [0, 0.1) is 3.57 Å². The monoisotopic (exact) mass is 245 g/mol. The summed E-state index contributed by atoms with van der Waals surface area (Å²) in [4.78, 5) is 0. The molecule has 0 spiro atoms. The second kappa shape index (κ2) is 2.12. The number of halogens is 1. The Morgan fingerprint density at radius 3 is 2.30 bits per heavy atom. The minimum Gasteiger partial charge on any atom is -0.398 e. The van der Waals surface area contributed by atoms with Crippen LogP contribution >= 0.6 is 22.6 Å². The maximum atomic E-state index is 5.72. The van der Waals surface area contributed by atoms with E-state index < -0.39 is 0 Å². The maximum absolute atomic E-state index is 5.72. The van der Waals surface area contributed by atoms with Crippen molar-refractivity contribution < 1.29 is 0 Å². The molecule has 2 heteroatoms. The van der Waals surface area contributed by atoms with E-state index in [1.807, 2.05) is 0 Å². The van der Waals surface area contributed by atoms with Crippen LogP contribution in [0.25, 0.3) is 0 Å². The van der Waals surface area contributed by atoms with Crippen LogP contribution in [0.1, 0.15) is 11.1 Å². The first-order chi connectivity index (χ1) is 4.77. The van der Waals surface area contributed by atoms with Crippen LogP contribution in [-0.4, -0.2) is 0 Å². The van der Waals surface area contributed by atoms with Gasteiger partial charge in [-0.2, -0.15) is 0 Å². The highest BCUT2D eigenvalue weighted by molar-refractivity contribution is 14.1. The molecule has 0 bridgehead atoms. The highest BCUT2D eigenvalue weighted by Gasteiger charge is 2.13. The Morgan fingerprint density at radius 2 is 1.80 bits per heavy atom. The highest BCUT2D eigenvalue weighted by atomic mass is 127. The molecule has 0 atom stereocenters. The largest absolute Gasteiger partial charge is 0.398 e. The smallest absolute Gasteiger partial charge is 0.0452 e. The number of aryl methyl sites for hydroxylation is 2. The van der Waals surface area contributed by atoms with Crippen LogP contribution < -0.4 is 5.73 Å². The second-order valence-electron chi connectivity index (χ2n) is 2.64. The van der Waals surface area contributed by atoms with Gasteiger partial charge in [0.25, 0.3) is 0 Å². The van der Waals surface area contributed by atoms with Gasteiger partial charge >= 0.3 is 0 Å². The van der Waals surface area contributed by atoms with E-state index in [1.165, 1.54) is 27.5 Å². The maximum Gasteiger partial charge on any atom is 0.0452 e. The average molecular weight is 245 g/mol. The quantitative estimate of drug-likeness (QED) is 0.548. The SMILES string of the molecule is Nc1cc2c(cc1I)CC2. The van der Waals surface area contributed by atoms with E-state index in [0.717, 1.165) is 5.69 Å². The fourth-order valence-electron chi connectivity index (χ4n) is 1.24. The van der Waals surface area contributed by atoms with E-state index in [4.69, 9.17) is 5.73 Å². The zero-order valence-electron chi connectivity index (χ0n) is 5.52. The van der Waals surface area contributed by atoms with Crippen molar-refractivity contribution in [1.29, 1.82) is 0 Å². The lowest BCUT2D eigenvalue weighted by atomic mass is 9.88. The van der Waals surface area contributed by atoms with Crippen molar-refractivity contribution in [2.75, 3.05) is 5.73 Å². The predicted octanol–water partition coefficient (Wildman–Crippen LogP) is 1.97. The van der Waals surface area contributed by atoms with Crippen LogP contribution in [0.15, 0.2) is 12.1 Å². The minimum absolute atomic E-state index is 0.930. The normalized spacial score (nSPS) is 14.1. The molecule has 0 heterocycles. The van der Waals surface area contributed by atoms with Gasteiger partial charge in [0.15, 0.2) is 0 Å². The summed E-state index contributed by atoms with van der Waals surface area (Å²) in [5.41, 5.74) is 9.57. The molecule has 0 saturated heterocycles. The molecule has 10 heavy (non-hydrogen) atoms. The molecule has 0 radical (unpaired) electrons. The van der Waals surface area contributed by atoms with Crippen molar-refractivity contribution in [2.24, 2.45) is 0 Å². The van der Waals surface area contributed by atoms with Gasteiger partial charge in [-0.1, -0.05) is 0 Å². The summed E-state index contributed by atoms with van der Waals surface area (Å²) in [6, 6.07) is 4.29. The molecule has 0 aliphatic heterocycles. The molecular formula is C8H8IN. The number of hydrogen-bond acceptors (Lipinski definition) is 1. The Kier molecular flexibility index (Phi) is 1.37. The third-order valence-corrected chi connectivity index (χ3v) is 2.92. The van der Waals surface area contributed by atoms with E-state index in [9.17, 15) is 0 Å². The zero-order chi connectivity index (χ0) is 7.14.